The molecular weight excluding hydrogens is 453 g/mol. The molecule has 0 radical (unpaired) electrons. The first-order valence-electron chi connectivity index (χ1n) is 12.5. The van der Waals surface area contributed by atoms with Gasteiger partial charge in [0, 0.05) is 61.6 Å². The van der Waals surface area contributed by atoms with E-state index >= 15 is 0 Å². The van der Waals surface area contributed by atoms with Gasteiger partial charge in [-0.3, -0.25) is 4.79 Å². The zero-order chi connectivity index (χ0) is 25.1. The van der Waals surface area contributed by atoms with Gasteiger partial charge in [-0.25, -0.2) is 9.37 Å². The van der Waals surface area contributed by atoms with Crippen LogP contribution < -0.4 is 5.32 Å². The Morgan fingerprint density at radius 3 is 2.56 bits per heavy atom. The Morgan fingerprint density at radius 2 is 1.81 bits per heavy atom. The smallest absolute Gasteiger partial charge is 0.221 e. The lowest BCUT2D eigenvalue weighted by Gasteiger charge is -2.32. The highest BCUT2D eigenvalue weighted by atomic mass is 19.1. The fourth-order valence-electron chi connectivity index (χ4n) is 4.89. The van der Waals surface area contributed by atoms with Gasteiger partial charge in [-0.1, -0.05) is 18.2 Å². The second-order valence-corrected chi connectivity index (χ2v) is 9.59. The Morgan fingerprint density at radius 1 is 1.03 bits per heavy atom. The van der Waals surface area contributed by atoms with Gasteiger partial charge in [0.05, 0.1) is 5.69 Å². The topological polar surface area (TPSA) is 53.4 Å². The van der Waals surface area contributed by atoms with Gasteiger partial charge in [0.1, 0.15) is 11.5 Å². The van der Waals surface area contributed by atoms with Crippen LogP contribution in [-0.4, -0.2) is 65.0 Å². The number of likely N-dealkylation sites (N-methyl/N-ethyl adjacent to an activating group) is 1. The first-order valence-corrected chi connectivity index (χ1v) is 12.5. The number of benzene rings is 2. The lowest BCUT2D eigenvalue weighted by Crippen LogP contribution is -2.44. The molecule has 1 N–H and O–H groups in total. The molecule has 7 heteroatoms. The molecule has 4 aromatic rings. The SMILES string of the molecule is CC(=O)Nc1cc(F)cc(-c2ccc3c(CCCN4CCN(C)CC4)cn(-c4ccccc4)c3n2)c1. The highest BCUT2D eigenvalue weighted by Crippen LogP contribution is 2.29. The molecular formula is C29H32FN5O. The molecule has 0 saturated carbocycles. The second-order valence-electron chi connectivity index (χ2n) is 9.59. The van der Waals surface area contributed by atoms with Crippen LogP contribution in [-0.2, 0) is 11.2 Å². The molecule has 0 unspecified atom stereocenters. The van der Waals surface area contributed by atoms with E-state index in [9.17, 15) is 9.18 Å². The van der Waals surface area contributed by atoms with Gasteiger partial charge in [-0.15, -0.1) is 0 Å². The molecule has 6 nitrogen and oxygen atoms in total. The van der Waals surface area contributed by atoms with Crippen molar-refractivity contribution in [3.05, 3.63) is 78.2 Å². The normalized spacial score (nSPS) is 14.9. The Bertz CT molecular complexity index is 1360. The molecule has 36 heavy (non-hydrogen) atoms. The molecule has 1 aliphatic heterocycles. The quantitative estimate of drug-likeness (QED) is 0.402. The van der Waals surface area contributed by atoms with Crippen LogP contribution >= 0.6 is 0 Å². The summed E-state index contributed by atoms with van der Waals surface area (Å²) in [5, 5.41) is 3.78. The average Bonchev–Trinajstić information content (AvgIpc) is 3.23. The van der Waals surface area contributed by atoms with Crippen LogP contribution in [0.25, 0.3) is 28.0 Å². The summed E-state index contributed by atoms with van der Waals surface area (Å²) in [6.45, 7) is 7.01. The number of para-hydroxylation sites is 1. The van der Waals surface area contributed by atoms with Crippen LogP contribution in [0.3, 0.4) is 0 Å². The standard InChI is InChI=1S/C29H32FN5O/c1-21(36)31-25-18-23(17-24(30)19-25)28-11-10-27-22(7-6-12-34-15-13-33(2)14-16-34)20-35(29(27)32-28)26-8-4-3-5-9-26/h3-5,8-11,17-20H,6-7,12-16H2,1-2H3,(H,31,36). The Balaban J connectivity index is 1.47. The lowest BCUT2D eigenvalue weighted by molar-refractivity contribution is -0.114. The number of pyridine rings is 1. The fraction of sp³-hybridized carbons (Fsp3) is 0.310. The van der Waals surface area contributed by atoms with Crippen molar-refractivity contribution >= 4 is 22.6 Å². The summed E-state index contributed by atoms with van der Waals surface area (Å²) >= 11 is 0. The number of aromatic nitrogens is 2. The first-order chi connectivity index (χ1) is 17.5. The number of anilines is 1. The number of hydrogen-bond acceptors (Lipinski definition) is 4. The number of carbonyl (C=O) groups is 1. The van der Waals surface area contributed by atoms with E-state index in [0.717, 1.165) is 62.3 Å². The van der Waals surface area contributed by atoms with E-state index in [2.05, 4.69) is 51.1 Å². The molecule has 186 valence electrons. The zero-order valence-electron chi connectivity index (χ0n) is 20.9. The number of aryl methyl sites for hydroxylation is 1. The van der Waals surface area contributed by atoms with Crippen molar-refractivity contribution in [3.63, 3.8) is 0 Å². The minimum absolute atomic E-state index is 0.242. The number of nitrogens with one attached hydrogen (secondary N) is 1. The Kier molecular flexibility index (Phi) is 7.11. The number of nitrogens with zero attached hydrogens (tertiary/aromatic N) is 4. The van der Waals surface area contributed by atoms with E-state index in [-0.39, 0.29) is 5.91 Å². The summed E-state index contributed by atoms with van der Waals surface area (Å²) in [4.78, 5) is 21.4. The van der Waals surface area contributed by atoms with Crippen LogP contribution in [0, 0.1) is 5.82 Å². The largest absolute Gasteiger partial charge is 0.326 e. The first kappa shape index (κ1) is 24.2. The van der Waals surface area contributed by atoms with Gasteiger partial charge in [-0.2, -0.15) is 0 Å². The van der Waals surface area contributed by atoms with Gasteiger partial charge in [0.2, 0.25) is 5.91 Å². The summed E-state index contributed by atoms with van der Waals surface area (Å²) in [7, 11) is 2.18. The van der Waals surface area contributed by atoms with Crippen molar-refractivity contribution in [2.45, 2.75) is 19.8 Å². The number of piperazine rings is 1. The third kappa shape index (κ3) is 5.48. The summed E-state index contributed by atoms with van der Waals surface area (Å²) in [6, 6.07) is 18.7. The molecule has 1 amide bonds. The predicted octanol–water partition coefficient (Wildman–Crippen LogP) is 4.97. The average molecular weight is 486 g/mol. The molecule has 0 spiro atoms. The number of fused-ring (bicyclic) bond motifs is 1. The van der Waals surface area contributed by atoms with E-state index in [1.807, 2.05) is 24.3 Å². The van der Waals surface area contributed by atoms with Crippen LogP contribution in [0.2, 0.25) is 0 Å². The Hall–Kier alpha value is -3.55. The number of carbonyl (C=O) groups excluding carboxylic acids is 1. The van der Waals surface area contributed by atoms with Crippen LogP contribution in [0.4, 0.5) is 10.1 Å². The maximum Gasteiger partial charge on any atom is 0.221 e. The molecule has 2 aromatic heterocycles. The zero-order valence-corrected chi connectivity index (χ0v) is 20.9. The second kappa shape index (κ2) is 10.6. The van der Waals surface area contributed by atoms with Crippen molar-refractivity contribution in [3.8, 4) is 16.9 Å². The lowest BCUT2D eigenvalue weighted by atomic mass is 10.1. The number of halogens is 1. The summed E-state index contributed by atoms with van der Waals surface area (Å²) in [6.07, 6.45) is 4.24. The maximum atomic E-state index is 14.3. The minimum atomic E-state index is -0.416. The molecule has 2 aromatic carbocycles. The molecule has 0 aliphatic carbocycles. The van der Waals surface area contributed by atoms with Crippen molar-refractivity contribution in [1.29, 1.82) is 0 Å². The van der Waals surface area contributed by atoms with Gasteiger partial charge in [0.25, 0.3) is 0 Å². The van der Waals surface area contributed by atoms with E-state index in [1.165, 1.54) is 24.6 Å². The van der Waals surface area contributed by atoms with E-state index < -0.39 is 5.82 Å². The predicted molar refractivity (Wildman–Crippen MR) is 143 cm³/mol. The van der Waals surface area contributed by atoms with Gasteiger partial charge in [0.15, 0.2) is 0 Å². The van der Waals surface area contributed by atoms with Gasteiger partial charge >= 0.3 is 0 Å². The van der Waals surface area contributed by atoms with E-state index in [4.69, 9.17) is 4.98 Å². The molecule has 5 rings (SSSR count). The van der Waals surface area contributed by atoms with Crippen LogP contribution in [0.1, 0.15) is 18.9 Å². The monoisotopic (exact) mass is 485 g/mol. The highest BCUT2D eigenvalue weighted by Gasteiger charge is 2.16. The van der Waals surface area contributed by atoms with E-state index in [0.29, 0.717) is 16.9 Å². The number of amides is 1. The van der Waals surface area contributed by atoms with E-state index in [1.54, 1.807) is 6.07 Å². The third-order valence-corrected chi connectivity index (χ3v) is 6.80. The third-order valence-electron chi connectivity index (χ3n) is 6.80. The number of rotatable bonds is 7. The fourth-order valence-corrected chi connectivity index (χ4v) is 4.89. The van der Waals surface area contributed by atoms with Crippen LogP contribution in [0.5, 0.6) is 0 Å². The minimum Gasteiger partial charge on any atom is -0.326 e. The van der Waals surface area contributed by atoms with Crippen molar-refractivity contribution in [2.75, 3.05) is 45.1 Å². The summed E-state index contributed by atoms with van der Waals surface area (Å²) < 4.78 is 16.5. The van der Waals surface area contributed by atoms with Gasteiger partial charge < -0.3 is 19.7 Å². The van der Waals surface area contributed by atoms with Crippen molar-refractivity contribution in [1.82, 2.24) is 19.4 Å². The van der Waals surface area contributed by atoms with Crippen molar-refractivity contribution < 1.29 is 9.18 Å². The Labute approximate surface area is 211 Å². The number of hydrogen-bond donors (Lipinski definition) is 1. The molecule has 3 heterocycles. The molecule has 1 saturated heterocycles. The molecule has 1 aliphatic rings. The highest BCUT2D eigenvalue weighted by molar-refractivity contribution is 5.90. The molecule has 1 fully saturated rings. The molecule has 0 atom stereocenters. The maximum absolute atomic E-state index is 14.3. The van der Waals surface area contributed by atoms with Crippen molar-refractivity contribution in [2.24, 2.45) is 0 Å². The summed E-state index contributed by atoms with van der Waals surface area (Å²) in [5.74, 6) is -0.657. The summed E-state index contributed by atoms with van der Waals surface area (Å²) in [5.41, 5.74) is 4.85. The van der Waals surface area contributed by atoms with Crippen LogP contribution in [0.15, 0.2) is 66.9 Å². The van der Waals surface area contributed by atoms with Gasteiger partial charge in [-0.05, 0) is 74.5 Å². The molecule has 0 bridgehead atoms.